The maximum atomic E-state index is 11.1. The monoisotopic (exact) mass is 293 g/mol. The molecule has 116 valence electrons. The van der Waals surface area contributed by atoms with Gasteiger partial charge in [-0.15, -0.1) is 0 Å². The van der Waals surface area contributed by atoms with Crippen LogP contribution in [-0.2, 0) is 4.79 Å². The Morgan fingerprint density at radius 1 is 1.48 bits per heavy atom. The van der Waals surface area contributed by atoms with Gasteiger partial charge < -0.3 is 20.7 Å². The van der Waals surface area contributed by atoms with Crippen molar-refractivity contribution in [3.05, 3.63) is 6.33 Å². The van der Waals surface area contributed by atoms with Crippen LogP contribution in [0.5, 0.6) is 5.88 Å². The average Bonchev–Trinajstić information content (AvgIpc) is 2.47. The molecule has 2 heterocycles. The molecule has 7 nitrogen and oxygen atoms in total. The van der Waals surface area contributed by atoms with Gasteiger partial charge in [0, 0.05) is 26.1 Å². The lowest BCUT2D eigenvalue weighted by atomic mass is 10.0. The fraction of sp³-hybridized carbons (Fsp3) is 0.643. The number of anilines is 2. The number of rotatable bonds is 5. The third-order valence-electron chi connectivity index (χ3n) is 3.47. The second-order valence-electron chi connectivity index (χ2n) is 5.23. The van der Waals surface area contributed by atoms with E-state index in [1.54, 1.807) is 6.92 Å². The van der Waals surface area contributed by atoms with Gasteiger partial charge in [0.25, 0.3) is 0 Å². The van der Waals surface area contributed by atoms with Gasteiger partial charge in [-0.2, -0.15) is 4.98 Å². The van der Waals surface area contributed by atoms with E-state index in [0.717, 1.165) is 38.2 Å². The second kappa shape index (κ2) is 7.10. The van der Waals surface area contributed by atoms with Gasteiger partial charge in [-0.25, -0.2) is 4.98 Å². The Bertz CT molecular complexity index is 486. The van der Waals surface area contributed by atoms with Crippen LogP contribution in [0, 0.1) is 0 Å². The molecule has 1 saturated heterocycles. The van der Waals surface area contributed by atoms with Gasteiger partial charge in [0.2, 0.25) is 11.8 Å². The van der Waals surface area contributed by atoms with Crippen molar-refractivity contribution in [2.75, 3.05) is 30.3 Å². The summed E-state index contributed by atoms with van der Waals surface area (Å²) in [5, 5.41) is 2.95. The van der Waals surface area contributed by atoms with E-state index < -0.39 is 0 Å². The van der Waals surface area contributed by atoms with Crippen LogP contribution in [0.2, 0.25) is 0 Å². The Kier molecular flexibility index (Phi) is 5.19. The molecule has 0 aromatic carbocycles. The van der Waals surface area contributed by atoms with Crippen molar-refractivity contribution in [2.45, 2.75) is 39.2 Å². The van der Waals surface area contributed by atoms with Crippen LogP contribution in [0.1, 0.15) is 33.1 Å². The smallest absolute Gasteiger partial charge is 0.242 e. The fourth-order valence-corrected chi connectivity index (χ4v) is 2.46. The highest BCUT2D eigenvalue weighted by Crippen LogP contribution is 2.29. The minimum Gasteiger partial charge on any atom is -0.476 e. The molecule has 3 N–H and O–H groups in total. The van der Waals surface area contributed by atoms with Crippen molar-refractivity contribution in [2.24, 2.45) is 0 Å². The maximum Gasteiger partial charge on any atom is 0.242 e. The molecule has 21 heavy (non-hydrogen) atoms. The molecule has 0 radical (unpaired) electrons. The number of amides is 1. The van der Waals surface area contributed by atoms with Crippen LogP contribution >= 0.6 is 0 Å². The first-order valence-corrected chi connectivity index (χ1v) is 7.37. The molecular formula is C14H23N5O2. The first-order valence-electron chi connectivity index (χ1n) is 7.37. The van der Waals surface area contributed by atoms with E-state index in [1.807, 2.05) is 6.92 Å². The third-order valence-corrected chi connectivity index (χ3v) is 3.47. The number of nitrogens with two attached hydrogens (primary N) is 1. The Hall–Kier alpha value is -2.05. The number of piperidine rings is 1. The van der Waals surface area contributed by atoms with Crippen LogP contribution in [0.15, 0.2) is 6.33 Å². The largest absolute Gasteiger partial charge is 0.476 e. The lowest BCUT2D eigenvalue weighted by Gasteiger charge is -2.33. The standard InChI is InChI=1S/C14H23N5O2/c1-3-8-21-14-12(15)13(16-9-17-14)19-6-4-11(5-7-19)18-10(2)20/h9,11H,3-8,15H2,1-2H3,(H,18,20). The minimum absolute atomic E-state index is 0.0188. The predicted octanol–water partition coefficient (Wildman–Crippen LogP) is 0.952. The van der Waals surface area contributed by atoms with Crippen molar-refractivity contribution in [1.29, 1.82) is 0 Å². The highest BCUT2D eigenvalue weighted by Gasteiger charge is 2.23. The van der Waals surface area contributed by atoms with E-state index in [9.17, 15) is 4.79 Å². The molecule has 0 unspecified atom stereocenters. The zero-order valence-electron chi connectivity index (χ0n) is 12.6. The summed E-state index contributed by atoms with van der Waals surface area (Å²) in [5.74, 6) is 1.19. The molecule has 1 aromatic heterocycles. The van der Waals surface area contributed by atoms with E-state index >= 15 is 0 Å². The van der Waals surface area contributed by atoms with Crippen molar-refractivity contribution < 1.29 is 9.53 Å². The lowest BCUT2D eigenvalue weighted by molar-refractivity contribution is -0.119. The van der Waals surface area contributed by atoms with Crippen molar-refractivity contribution in [3.8, 4) is 5.88 Å². The normalized spacial score (nSPS) is 15.8. The zero-order chi connectivity index (χ0) is 15.2. The second-order valence-corrected chi connectivity index (χ2v) is 5.23. The molecule has 1 aliphatic heterocycles. The van der Waals surface area contributed by atoms with E-state index in [0.29, 0.717) is 18.2 Å². The number of nitrogens with zero attached hydrogens (tertiary/aromatic N) is 3. The number of aromatic nitrogens is 2. The average molecular weight is 293 g/mol. The molecule has 1 aliphatic rings. The van der Waals surface area contributed by atoms with Gasteiger partial charge in [-0.1, -0.05) is 6.92 Å². The number of carbonyl (C=O) groups excluding carboxylic acids is 1. The first kappa shape index (κ1) is 15.3. The maximum absolute atomic E-state index is 11.1. The van der Waals surface area contributed by atoms with Gasteiger partial charge >= 0.3 is 0 Å². The summed E-state index contributed by atoms with van der Waals surface area (Å²) in [6.45, 7) is 5.78. The third kappa shape index (κ3) is 3.96. The Morgan fingerprint density at radius 3 is 2.81 bits per heavy atom. The quantitative estimate of drug-likeness (QED) is 0.839. The van der Waals surface area contributed by atoms with Gasteiger partial charge in [0.15, 0.2) is 5.82 Å². The Morgan fingerprint density at radius 2 is 2.19 bits per heavy atom. The zero-order valence-corrected chi connectivity index (χ0v) is 12.6. The topological polar surface area (TPSA) is 93.4 Å². The van der Waals surface area contributed by atoms with Gasteiger partial charge in [0.05, 0.1) is 6.61 Å². The van der Waals surface area contributed by atoms with Gasteiger partial charge in [-0.05, 0) is 19.3 Å². The number of ether oxygens (including phenoxy) is 1. The van der Waals surface area contributed by atoms with Crippen LogP contribution in [0.3, 0.4) is 0 Å². The summed E-state index contributed by atoms with van der Waals surface area (Å²) in [4.78, 5) is 21.6. The van der Waals surface area contributed by atoms with Gasteiger partial charge in [0.1, 0.15) is 12.0 Å². The van der Waals surface area contributed by atoms with E-state index in [-0.39, 0.29) is 11.9 Å². The van der Waals surface area contributed by atoms with Crippen LogP contribution < -0.4 is 20.7 Å². The molecule has 0 atom stereocenters. The van der Waals surface area contributed by atoms with E-state index in [4.69, 9.17) is 10.5 Å². The molecule has 0 saturated carbocycles. The molecule has 1 fully saturated rings. The van der Waals surface area contributed by atoms with E-state index in [1.165, 1.54) is 6.33 Å². The molecule has 2 rings (SSSR count). The first-order chi connectivity index (χ1) is 10.1. The van der Waals surface area contributed by atoms with Crippen molar-refractivity contribution >= 4 is 17.4 Å². The Labute approximate surface area is 124 Å². The number of hydrogen-bond donors (Lipinski definition) is 2. The summed E-state index contributed by atoms with van der Waals surface area (Å²) >= 11 is 0. The van der Waals surface area contributed by atoms with Crippen LogP contribution in [0.4, 0.5) is 11.5 Å². The Balaban J connectivity index is 2.01. The number of carbonyl (C=O) groups is 1. The number of nitrogen functional groups attached to an aromatic ring is 1. The van der Waals surface area contributed by atoms with Crippen LogP contribution in [-0.4, -0.2) is 41.6 Å². The molecular weight excluding hydrogens is 270 g/mol. The summed E-state index contributed by atoms with van der Waals surface area (Å²) in [6.07, 6.45) is 4.15. The van der Waals surface area contributed by atoms with E-state index in [2.05, 4.69) is 20.2 Å². The fourth-order valence-electron chi connectivity index (χ4n) is 2.46. The SMILES string of the molecule is CCCOc1ncnc(N2CCC(NC(C)=O)CC2)c1N. The molecule has 1 aromatic rings. The highest BCUT2D eigenvalue weighted by molar-refractivity contribution is 5.73. The minimum atomic E-state index is 0.0188. The number of nitrogens with one attached hydrogen (secondary N) is 1. The molecule has 7 heteroatoms. The summed E-state index contributed by atoms with van der Waals surface area (Å²) < 4.78 is 5.53. The van der Waals surface area contributed by atoms with Crippen molar-refractivity contribution in [1.82, 2.24) is 15.3 Å². The lowest BCUT2D eigenvalue weighted by Crippen LogP contribution is -2.44. The molecule has 0 spiro atoms. The summed E-state index contributed by atoms with van der Waals surface area (Å²) in [7, 11) is 0. The number of hydrogen-bond acceptors (Lipinski definition) is 6. The van der Waals surface area contributed by atoms with Crippen molar-refractivity contribution in [3.63, 3.8) is 0 Å². The molecule has 0 aliphatic carbocycles. The molecule has 1 amide bonds. The molecule has 0 bridgehead atoms. The van der Waals surface area contributed by atoms with Crippen LogP contribution in [0.25, 0.3) is 0 Å². The summed E-state index contributed by atoms with van der Waals surface area (Å²) in [6, 6.07) is 0.234. The summed E-state index contributed by atoms with van der Waals surface area (Å²) in [5.41, 5.74) is 6.60. The highest BCUT2D eigenvalue weighted by atomic mass is 16.5. The predicted molar refractivity (Wildman–Crippen MR) is 81.3 cm³/mol. The van der Waals surface area contributed by atoms with Gasteiger partial charge in [-0.3, -0.25) is 4.79 Å².